The average Bonchev–Trinajstić information content (AvgIpc) is 3.37. The van der Waals surface area contributed by atoms with E-state index in [1.807, 2.05) is 57.2 Å². The number of benzene rings is 2. The summed E-state index contributed by atoms with van der Waals surface area (Å²) in [7, 11) is 4.61. The molecule has 1 aromatic heterocycles. The minimum Gasteiger partial charge on any atom is -0.493 e. The molecular weight excluding hydrogens is 514 g/mol. The zero-order chi connectivity index (χ0) is 29.4. The predicted octanol–water partition coefficient (Wildman–Crippen LogP) is 4.44. The molecule has 0 spiro atoms. The fourth-order valence-electron chi connectivity index (χ4n) is 4.79. The maximum Gasteiger partial charge on any atom is 0.244 e. The van der Waals surface area contributed by atoms with Crippen LogP contribution in [0, 0.1) is 11.3 Å². The van der Waals surface area contributed by atoms with Gasteiger partial charge < -0.3 is 24.5 Å². The Hall–Kier alpha value is -4.05. The first-order valence-electron chi connectivity index (χ1n) is 13.2. The molecule has 1 heterocycles. The van der Waals surface area contributed by atoms with Crippen molar-refractivity contribution in [3.63, 3.8) is 0 Å². The number of aryl methyl sites for hydroxylation is 1. The number of rotatable bonds is 13. The van der Waals surface area contributed by atoms with E-state index in [1.54, 1.807) is 11.7 Å². The van der Waals surface area contributed by atoms with Crippen LogP contribution in [0.1, 0.15) is 56.0 Å². The van der Waals surface area contributed by atoms with Gasteiger partial charge in [-0.25, -0.2) is 5.48 Å². The van der Waals surface area contributed by atoms with Gasteiger partial charge in [0, 0.05) is 35.0 Å². The lowest BCUT2D eigenvalue weighted by atomic mass is 9.81. The smallest absolute Gasteiger partial charge is 0.244 e. The molecule has 0 saturated heterocycles. The molecule has 2 amide bonds. The molecule has 0 saturated carbocycles. The number of nitrogens with one attached hydrogen (secondary N) is 3. The van der Waals surface area contributed by atoms with Gasteiger partial charge in [0.1, 0.15) is 0 Å². The normalized spacial score (nSPS) is 12.9. The summed E-state index contributed by atoms with van der Waals surface area (Å²) in [4.78, 5) is 42.4. The van der Waals surface area contributed by atoms with E-state index in [0.717, 1.165) is 16.5 Å². The highest BCUT2D eigenvalue weighted by atomic mass is 16.5. The molecular formula is C30H39N3O7. The van der Waals surface area contributed by atoms with Gasteiger partial charge in [-0.15, -0.1) is 0 Å². The quantitative estimate of drug-likeness (QED) is 0.139. The molecule has 2 atom stereocenters. The van der Waals surface area contributed by atoms with E-state index in [4.69, 9.17) is 19.4 Å². The highest BCUT2D eigenvalue weighted by molar-refractivity contribution is 6.11. The fourth-order valence-corrected chi connectivity index (χ4v) is 4.79. The minimum absolute atomic E-state index is 0.221. The maximum atomic E-state index is 13.7. The molecule has 2 aromatic carbocycles. The number of hydroxylamine groups is 1. The number of hydrogen-bond acceptors (Lipinski definition) is 7. The topological polar surface area (TPSA) is 139 Å². The van der Waals surface area contributed by atoms with Crippen LogP contribution in [0.5, 0.6) is 17.2 Å². The summed E-state index contributed by atoms with van der Waals surface area (Å²) in [6.07, 6.45) is 2.89. The van der Waals surface area contributed by atoms with Crippen LogP contribution in [0.3, 0.4) is 0 Å². The second kappa shape index (κ2) is 13.3. The molecule has 0 aliphatic heterocycles. The molecule has 10 nitrogen and oxygen atoms in total. The standard InChI is InChI=1S/C30H39N3O7/c1-30(2,3)28(26(35)21-17-31-22-13-8-7-12-20(21)22)32-29(36)19(16-25(34)33-37)11-9-10-18-14-23(38-4)27(40-6)24(15-18)39-5/h7-8,12-15,17,19,28,31,37H,9-11,16H2,1-6H3,(H,32,36)(H,33,34)/t19-,28-/m1/s1. The van der Waals surface area contributed by atoms with Crippen molar-refractivity contribution in [3.8, 4) is 17.2 Å². The SMILES string of the molecule is COc1cc(CCC[C@H](CC(=O)NO)C(=O)N[C@H](C(=O)c2c[nH]c3ccccc23)C(C)(C)C)cc(OC)c1OC. The maximum absolute atomic E-state index is 13.7. The van der Waals surface area contributed by atoms with Crippen molar-refractivity contribution in [2.75, 3.05) is 21.3 Å². The second-order valence-corrected chi connectivity index (χ2v) is 10.8. The number of aromatic nitrogens is 1. The van der Waals surface area contributed by atoms with Crippen molar-refractivity contribution in [1.29, 1.82) is 0 Å². The number of amides is 2. The number of methoxy groups -OCH3 is 3. The Morgan fingerprint density at radius 1 is 1.00 bits per heavy atom. The van der Waals surface area contributed by atoms with E-state index in [2.05, 4.69) is 10.3 Å². The van der Waals surface area contributed by atoms with Crippen LogP contribution in [0.15, 0.2) is 42.6 Å². The van der Waals surface area contributed by atoms with Crippen molar-refractivity contribution < 1.29 is 33.8 Å². The lowest BCUT2D eigenvalue weighted by Crippen LogP contribution is -2.51. The number of fused-ring (bicyclic) bond motifs is 1. The van der Waals surface area contributed by atoms with Crippen molar-refractivity contribution >= 4 is 28.5 Å². The van der Waals surface area contributed by atoms with Crippen LogP contribution >= 0.6 is 0 Å². The monoisotopic (exact) mass is 553 g/mol. The summed E-state index contributed by atoms with van der Waals surface area (Å²) >= 11 is 0. The van der Waals surface area contributed by atoms with Gasteiger partial charge in [0.25, 0.3) is 0 Å². The Balaban J connectivity index is 1.79. The highest BCUT2D eigenvalue weighted by Gasteiger charge is 2.36. The summed E-state index contributed by atoms with van der Waals surface area (Å²) in [6.45, 7) is 5.64. The fraction of sp³-hybridized carbons (Fsp3) is 0.433. The Bertz CT molecular complexity index is 1320. The zero-order valence-corrected chi connectivity index (χ0v) is 23.9. The number of ketones is 1. The Morgan fingerprint density at radius 2 is 1.65 bits per heavy atom. The van der Waals surface area contributed by atoms with Crippen molar-refractivity contribution in [2.24, 2.45) is 11.3 Å². The van der Waals surface area contributed by atoms with Gasteiger partial charge in [0.15, 0.2) is 17.3 Å². The molecule has 3 aromatic rings. The first-order valence-corrected chi connectivity index (χ1v) is 13.2. The van der Waals surface area contributed by atoms with Gasteiger partial charge >= 0.3 is 0 Å². The summed E-state index contributed by atoms with van der Waals surface area (Å²) in [6, 6.07) is 10.3. The van der Waals surface area contributed by atoms with Crippen LogP contribution in [0.4, 0.5) is 0 Å². The van der Waals surface area contributed by atoms with E-state index >= 15 is 0 Å². The van der Waals surface area contributed by atoms with Gasteiger partial charge in [-0.3, -0.25) is 19.6 Å². The van der Waals surface area contributed by atoms with Crippen LogP contribution in [-0.4, -0.2) is 55.2 Å². The van der Waals surface area contributed by atoms with Crippen molar-refractivity contribution in [2.45, 2.75) is 52.5 Å². The Kier molecular flexibility index (Phi) is 10.2. The van der Waals surface area contributed by atoms with Gasteiger partial charge in [-0.1, -0.05) is 39.0 Å². The molecule has 10 heteroatoms. The molecule has 0 aliphatic rings. The average molecular weight is 554 g/mol. The highest BCUT2D eigenvalue weighted by Crippen LogP contribution is 2.38. The van der Waals surface area contributed by atoms with Crippen LogP contribution < -0.4 is 25.0 Å². The number of H-pyrrole nitrogens is 1. The van der Waals surface area contributed by atoms with E-state index in [1.165, 1.54) is 21.3 Å². The number of aromatic amines is 1. The number of hydrogen-bond donors (Lipinski definition) is 4. The first kappa shape index (κ1) is 30.5. The third-order valence-electron chi connectivity index (χ3n) is 6.94. The molecule has 0 fully saturated rings. The van der Waals surface area contributed by atoms with Crippen LogP contribution in [0.2, 0.25) is 0 Å². The second-order valence-electron chi connectivity index (χ2n) is 10.8. The molecule has 3 rings (SSSR count). The van der Waals surface area contributed by atoms with Gasteiger partial charge in [0.2, 0.25) is 17.6 Å². The van der Waals surface area contributed by atoms with E-state index < -0.39 is 29.2 Å². The number of carbonyl (C=O) groups is 3. The summed E-state index contributed by atoms with van der Waals surface area (Å²) in [5, 5.41) is 12.8. The van der Waals surface area contributed by atoms with E-state index in [9.17, 15) is 14.4 Å². The molecule has 0 bridgehead atoms. The minimum atomic E-state index is -0.839. The van der Waals surface area contributed by atoms with Gasteiger partial charge in [0.05, 0.1) is 27.4 Å². The number of Topliss-reactive ketones (excluding diaryl/α,β-unsaturated/α-hetero) is 1. The molecule has 0 unspecified atom stereocenters. The molecule has 0 aliphatic carbocycles. The van der Waals surface area contributed by atoms with Crippen molar-refractivity contribution in [3.05, 3.63) is 53.7 Å². The lowest BCUT2D eigenvalue weighted by Gasteiger charge is -2.31. The van der Waals surface area contributed by atoms with Crippen LogP contribution in [0.25, 0.3) is 10.9 Å². The summed E-state index contributed by atoms with van der Waals surface area (Å²) in [5.74, 6) is -0.566. The number of carbonyl (C=O) groups excluding carboxylic acids is 3. The Labute approximate surface area is 234 Å². The van der Waals surface area contributed by atoms with Crippen molar-refractivity contribution in [1.82, 2.24) is 15.8 Å². The van der Waals surface area contributed by atoms with E-state index in [0.29, 0.717) is 42.1 Å². The third kappa shape index (κ3) is 7.12. The molecule has 40 heavy (non-hydrogen) atoms. The third-order valence-corrected chi connectivity index (χ3v) is 6.94. The molecule has 4 N–H and O–H groups in total. The number of para-hydroxylation sites is 1. The van der Waals surface area contributed by atoms with Gasteiger partial charge in [-0.05, 0) is 48.4 Å². The summed E-state index contributed by atoms with van der Waals surface area (Å²) in [5.41, 5.74) is 3.23. The zero-order valence-electron chi connectivity index (χ0n) is 23.9. The largest absolute Gasteiger partial charge is 0.493 e. The summed E-state index contributed by atoms with van der Waals surface area (Å²) < 4.78 is 16.2. The predicted molar refractivity (Wildman–Crippen MR) is 151 cm³/mol. The molecule has 216 valence electrons. The lowest BCUT2D eigenvalue weighted by molar-refractivity contribution is -0.135. The molecule has 0 radical (unpaired) electrons. The number of ether oxygens (including phenoxy) is 3. The Morgan fingerprint density at radius 3 is 2.23 bits per heavy atom. The van der Waals surface area contributed by atoms with Gasteiger partial charge in [-0.2, -0.15) is 0 Å². The first-order chi connectivity index (χ1) is 19.0. The van der Waals surface area contributed by atoms with E-state index in [-0.39, 0.29) is 12.2 Å². The van der Waals surface area contributed by atoms with Crippen LogP contribution in [-0.2, 0) is 16.0 Å².